The summed E-state index contributed by atoms with van der Waals surface area (Å²) in [7, 11) is 0. The molecule has 2 aromatic rings. The summed E-state index contributed by atoms with van der Waals surface area (Å²) in [4.78, 5) is 0. The normalized spacial score (nSPS) is 31.8. The summed E-state index contributed by atoms with van der Waals surface area (Å²) < 4.78 is 4.66. The van der Waals surface area contributed by atoms with Crippen molar-refractivity contribution in [2.45, 2.75) is 35.7 Å². The Labute approximate surface area is 296 Å². The molecular weight excluding hydrogens is 679 g/mol. The summed E-state index contributed by atoms with van der Waals surface area (Å²) in [5, 5.41) is 0. The van der Waals surface area contributed by atoms with Crippen LogP contribution >= 0.6 is 0 Å². The molecule has 0 aromatic heterocycles. The van der Waals surface area contributed by atoms with Crippen LogP contribution < -0.4 is 24.8 Å². The molecule has 2 fully saturated rings. The molecule has 2 saturated carbocycles. The van der Waals surface area contributed by atoms with Crippen LogP contribution in [0.15, 0.2) is 155 Å². The molecule has 46 heavy (non-hydrogen) atoms. The molecule has 0 nitrogen and oxygen atoms in total. The van der Waals surface area contributed by atoms with Gasteiger partial charge in [-0.2, -0.15) is 0 Å². The molecule has 0 spiro atoms. The standard InChI is InChI=1S/C21H21.C17H18.C5H5.2ClH.Zr/c1-2-8-15-14(7-1)13-20-18-11-4-3-9-16(18)17-10-5-6-12-19(17)21(15)20;1-4-10-16(11-5-1)14-8-3-9-15-17-12-6-2-7-13-17;1-2-4-5-3-1;;;/h1-21H;1-2,4-7,10-13H,8-9,14-15H2;1-3H,4H2;2*1H;/q;;;;;+2/p-2. The Morgan fingerprint density at radius 2 is 0.978 bits per heavy atom. The Hall–Kier alpha value is -2.31. The van der Waals surface area contributed by atoms with E-state index >= 15 is 0 Å². The van der Waals surface area contributed by atoms with Gasteiger partial charge in [-0.3, -0.25) is 0 Å². The van der Waals surface area contributed by atoms with Crippen molar-refractivity contribution >= 4 is 3.21 Å². The maximum absolute atomic E-state index is 2.68. The first-order chi connectivity index (χ1) is 21.9. The van der Waals surface area contributed by atoms with Gasteiger partial charge in [-0.05, 0) is 0 Å². The third-order valence-corrected chi connectivity index (χ3v) is 20.9. The minimum atomic E-state index is -2.35. The number of fused-ring (bicyclic) bond motifs is 8. The molecule has 0 heterocycles. The molecule has 9 unspecified atom stereocenters. The maximum atomic E-state index is 2.68. The van der Waals surface area contributed by atoms with Gasteiger partial charge in [-0.1, -0.05) is 0 Å². The van der Waals surface area contributed by atoms with Crippen molar-refractivity contribution < 1.29 is 46.1 Å². The Morgan fingerprint density at radius 3 is 1.48 bits per heavy atom. The number of rotatable bonds is 8. The van der Waals surface area contributed by atoms with E-state index in [1.807, 2.05) is 6.49 Å². The first-order valence-electron chi connectivity index (χ1n) is 17.1. The van der Waals surface area contributed by atoms with Gasteiger partial charge in [0.15, 0.2) is 0 Å². The van der Waals surface area contributed by atoms with E-state index < -0.39 is 21.3 Å². The van der Waals surface area contributed by atoms with E-state index in [4.69, 9.17) is 0 Å². The van der Waals surface area contributed by atoms with E-state index in [2.05, 4.69) is 152 Å². The van der Waals surface area contributed by atoms with E-state index in [0.29, 0.717) is 35.5 Å². The number of halogens is 2. The molecule has 6 aliphatic rings. The zero-order chi connectivity index (χ0) is 29.3. The third kappa shape index (κ3) is 6.42. The Kier molecular flexibility index (Phi) is 11.2. The molecule has 0 aliphatic heterocycles. The fourth-order valence-electron chi connectivity index (χ4n) is 9.95. The fourth-order valence-corrected chi connectivity index (χ4v) is 20.5. The van der Waals surface area contributed by atoms with Gasteiger partial charge in [0.1, 0.15) is 0 Å². The Morgan fingerprint density at radius 1 is 0.522 bits per heavy atom. The van der Waals surface area contributed by atoms with Crippen LogP contribution in [-0.4, -0.2) is 3.21 Å². The number of benzene rings is 2. The third-order valence-electron chi connectivity index (χ3n) is 11.7. The average Bonchev–Trinajstić information content (AvgIpc) is 3.75. The van der Waals surface area contributed by atoms with Crippen LogP contribution in [0.4, 0.5) is 0 Å². The van der Waals surface area contributed by atoms with Gasteiger partial charge in [0.05, 0.1) is 0 Å². The predicted octanol–water partition coefficient (Wildman–Crippen LogP) is 4.02. The van der Waals surface area contributed by atoms with E-state index in [1.165, 1.54) is 43.2 Å². The number of allylic oxidation sites excluding steroid dienone is 16. The molecule has 0 N–H and O–H groups in total. The van der Waals surface area contributed by atoms with Gasteiger partial charge in [0.2, 0.25) is 0 Å². The molecule has 0 radical (unpaired) electrons. The zero-order valence-corrected chi connectivity index (χ0v) is 30.4. The van der Waals surface area contributed by atoms with E-state index in [0.717, 1.165) is 15.5 Å². The number of aryl methyl sites for hydroxylation is 2. The summed E-state index contributed by atoms with van der Waals surface area (Å²) >= 11 is -2.35. The van der Waals surface area contributed by atoms with Crippen molar-refractivity contribution in [3.63, 3.8) is 0 Å². The van der Waals surface area contributed by atoms with Crippen LogP contribution in [0.25, 0.3) is 0 Å². The zero-order valence-electron chi connectivity index (χ0n) is 26.4. The average molecular weight is 723 g/mol. The van der Waals surface area contributed by atoms with Crippen LogP contribution in [-0.2, 0) is 34.1 Å². The molecule has 6 aliphatic carbocycles. The summed E-state index contributed by atoms with van der Waals surface area (Å²) in [5.74, 6) is 5.36. The van der Waals surface area contributed by atoms with Crippen LogP contribution in [0.2, 0.25) is 3.63 Å². The maximum Gasteiger partial charge on any atom is -1.00 e. The fraction of sp³-hybridized carbons (Fsp3) is 0.326. The van der Waals surface area contributed by atoms with Gasteiger partial charge < -0.3 is 24.8 Å². The topological polar surface area (TPSA) is 0 Å². The summed E-state index contributed by atoms with van der Waals surface area (Å²) in [6.45, 7) is 0. The minimum absolute atomic E-state index is 0. The molecule has 0 saturated heterocycles. The number of hydrogen-bond donors (Lipinski definition) is 0. The van der Waals surface area contributed by atoms with Crippen molar-refractivity contribution in [3.05, 3.63) is 166 Å². The molecule has 0 amide bonds. The van der Waals surface area contributed by atoms with E-state index in [-0.39, 0.29) is 24.8 Å². The van der Waals surface area contributed by atoms with Gasteiger partial charge >= 0.3 is 274 Å². The first-order valence-corrected chi connectivity index (χ1v) is 21.0. The second-order valence-corrected chi connectivity index (χ2v) is 20.8. The second kappa shape index (κ2) is 15.3. The summed E-state index contributed by atoms with van der Waals surface area (Å²) in [6.07, 6.45) is 43.5. The molecule has 3 heteroatoms. The van der Waals surface area contributed by atoms with E-state index in [9.17, 15) is 0 Å². The monoisotopic (exact) mass is 720 g/mol. The van der Waals surface area contributed by atoms with Crippen molar-refractivity contribution in [3.8, 4) is 0 Å². The van der Waals surface area contributed by atoms with Gasteiger partial charge in [-0.25, -0.2) is 0 Å². The summed E-state index contributed by atoms with van der Waals surface area (Å²) in [5.41, 5.74) is 2.99. The van der Waals surface area contributed by atoms with Crippen LogP contribution in [0, 0.1) is 47.3 Å². The van der Waals surface area contributed by atoms with Gasteiger partial charge in [0, 0.05) is 0 Å². The van der Waals surface area contributed by atoms with E-state index in [1.54, 1.807) is 0 Å². The smallest absolute Gasteiger partial charge is 1.00 e. The largest absolute Gasteiger partial charge is 1.00 e. The van der Waals surface area contributed by atoms with Crippen molar-refractivity contribution in [2.75, 3.05) is 0 Å². The Balaban J connectivity index is 0.00000186. The predicted molar refractivity (Wildman–Crippen MR) is 183 cm³/mol. The minimum Gasteiger partial charge on any atom is -1.00 e. The van der Waals surface area contributed by atoms with Gasteiger partial charge in [0.25, 0.3) is 0 Å². The van der Waals surface area contributed by atoms with Crippen molar-refractivity contribution in [2.24, 2.45) is 47.3 Å². The SMILES string of the molecule is C1=CC[C]([Zr+2](=[C](CCc2ccccc2)CCc2ccccc2)[CH]2C3C=CC=CC3C3C4C=CC=CC4C4C=CC=CC4C32)=C1.[Cl-].[Cl-]. The molecule has 2 aromatic carbocycles. The molecule has 8 rings (SSSR count). The first kappa shape index (κ1) is 33.6. The van der Waals surface area contributed by atoms with Crippen molar-refractivity contribution in [1.82, 2.24) is 0 Å². The molecule has 0 bridgehead atoms. The van der Waals surface area contributed by atoms with Gasteiger partial charge in [-0.15, -0.1) is 0 Å². The van der Waals surface area contributed by atoms with Crippen LogP contribution in [0.3, 0.4) is 0 Å². The summed E-state index contributed by atoms with van der Waals surface area (Å²) in [6, 6.07) is 22.6. The molecule has 234 valence electrons. The van der Waals surface area contributed by atoms with Crippen LogP contribution in [0.1, 0.15) is 30.4 Å². The van der Waals surface area contributed by atoms with Crippen molar-refractivity contribution in [1.29, 1.82) is 0 Å². The second-order valence-electron chi connectivity index (χ2n) is 13.8. The Bertz CT molecular complexity index is 1590. The number of hydrogen-bond acceptors (Lipinski definition) is 0. The molecule has 9 atom stereocenters. The quantitative estimate of drug-likeness (QED) is 0.387. The molecular formula is C43H44Cl2Zr. The van der Waals surface area contributed by atoms with Crippen LogP contribution in [0.5, 0.6) is 0 Å².